The van der Waals surface area contributed by atoms with E-state index in [0.717, 1.165) is 31.3 Å². The number of hydrogen-bond donors (Lipinski definition) is 1. The quantitative estimate of drug-likeness (QED) is 0.558. The molecule has 1 saturated heterocycles. The maximum Gasteiger partial charge on any atom is 0.0235 e. The van der Waals surface area contributed by atoms with Gasteiger partial charge in [0.15, 0.2) is 0 Å². The fourth-order valence-corrected chi connectivity index (χ4v) is 2.45. The van der Waals surface area contributed by atoms with Gasteiger partial charge >= 0.3 is 0 Å². The van der Waals surface area contributed by atoms with Crippen LogP contribution in [-0.2, 0) is 0 Å². The van der Waals surface area contributed by atoms with Crippen molar-refractivity contribution in [1.82, 2.24) is 10.2 Å². The normalized spacial score (nSPS) is 23.6. The summed E-state index contributed by atoms with van der Waals surface area (Å²) in [6, 6.07) is 0. The number of likely N-dealkylation sites (tertiary alicyclic amines) is 1. The van der Waals surface area contributed by atoms with Gasteiger partial charge in [-0.3, -0.25) is 0 Å². The average molecular weight is 233 g/mol. The summed E-state index contributed by atoms with van der Waals surface area (Å²) < 4.78 is 0. The molecular formula is C12H25ClN2. The third-order valence-electron chi connectivity index (χ3n) is 3.56. The van der Waals surface area contributed by atoms with Gasteiger partial charge in [-0.15, -0.1) is 11.6 Å². The molecule has 0 aromatic heterocycles. The summed E-state index contributed by atoms with van der Waals surface area (Å²) in [5.41, 5.74) is 0.414. The molecule has 0 amide bonds. The summed E-state index contributed by atoms with van der Waals surface area (Å²) >= 11 is 5.65. The lowest BCUT2D eigenvalue weighted by atomic mass is 9.78. The molecule has 15 heavy (non-hydrogen) atoms. The summed E-state index contributed by atoms with van der Waals surface area (Å²) in [5, 5.41) is 3.52. The number of rotatable bonds is 6. The lowest BCUT2D eigenvalue weighted by Crippen LogP contribution is -2.37. The van der Waals surface area contributed by atoms with Crippen LogP contribution in [0.5, 0.6) is 0 Å². The van der Waals surface area contributed by atoms with Crippen LogP contribution in [0.25, 0.3) is 0 Å². The third-order valence-corrected chi connectivity index (χ3v) is 3.83. The predicted molar refractivity (Wildman–Crippen MR) is 67.6 cm³/mol. The van der Waals surface area contributed by atoms with Crippen molar-refractivity contribution in [2.45, 2.75) is 26.7 Å². The maximum atomic E-state index is 5.65. The molecule has 0 aliphatic carbocycles. The minimum atomic E-state index is 0.414. The number of hydrogen-bond acceptors (Lipinski definition) is 2. The van der Waals surface area contributed by atoms with E-state index >= 15 is 0 Å². The zero-order valence-electron chi connectivity index (χ0n) is 10.4. The van der Waals surface area contributed by atoms with Gasteiger partial charge in [0.2, 0.25) is 0 Å². The first-order valence-electron chi connectivity index (χ1n) is 6.01. The molecule has 0 spiro atoms. The second-order valence-electron chi connectivity index (χ2n) is 5.46. The smallest absolute Gasteiger partial charge is 0.0235 e. The molecule has 1 rings (SSSR count). The van der Waals surface area contributed by atoms with Crippen molar-refractivity contribution >= 4 is 11.6 Å². The summed E-state index contributed by atoms with van der Waals surface area (Å²) in [7, 11) is 2.22. The first-order chi connectivity index (χ1) is 7.06. The number of nitrogens with one attached hydrogen (secondary N) is 1. The van der Waals surface area contributed by atoms with E-state index in [0.29, 0.717) is 5.41 Å². The van der Waals surface area contributed by atoms with Gasteiger partial charge in [-0.2, -0.15) is 0 Å². The van der Waals surface area contributed by atoms with E-state index in [1.165, 1.54) is 19.5 Å². The zero-order valence-corrected chi connectivity index (χ0v) is 11.1. The van der Waals surface area contributed by atoms with Gasteiger partial charge in [0.25, 0.3) is 0 Å². The van der Waals surface area contributed by atoms with E-state index in [1.54, 1.807) is 0 Å². The molecule has 1 heterocycles. The zero-order chi connectivity index (χ0) is 11.3. The standard InChI is InChI=1S/C12H25ClN2/c1-12(2,10-14-7-4-6-13)11-5-8-15(3)9-11/h11,14H,4-10H2,1-3H3. The molecule has 1 aliphatic rings. The Balaban J connectivity index is 2.25. The van der Waals surface area contributed by atoms with E-state index < -0.39 is 0 Å². The number of halogens is 1. The van der Waals surface area contributed by atoms with Crippen LogP contribution in [0.15, 0.2) is 0 Å². The van der Waals surface area contributed by atoms with Crippen LogP contribution in [-0.4, -0.2) is 44.0 Å². The summed E-state index contributed by atoms with van der Waals surface area (Å²) in [5.74, 6) is 1.60. The predicted octanol–water partition coefficient (Wildman–Crippen LogP) is 2.18. The van der Waals surface area contributed by atoms with Crippen LogP contribution in [0.4, 0.5) is 0 Å². The van der Waals surface area contributed by atoms with E-state index in [1.807, 2.05) is 0 Å². The molecule has 1 aliphatic heterocycles. The fourth-order valence-electron chi connectivity index (χ4n) is 2.32. The Labute approximate surface area is 99.4 Å². The van der Waals surface area contributed by atoms with E-state index in [2.05, 4.69) is 31.1 Å². The molecule has 1 N–H and O–H groups in total. The minimum Gasteiger partial charge on any atom is -0.316 e. The molecule has 1 atom stereocenters. The lowest BCUT2D eigenvalue weighted by molar-refractivity contribution is 0.207. The lowest BCUT2D eigenvalue weighted by Gasteiger charge is -2.32. The molecule has 2 nitrogen and oxygen atoms in total. The van der Waals surface area contributed by atoms with Crippen molar-refractivity contribution < 1.29 is 0 Å². The second kappa shape index (κ2) is 6.07. The summed E-state index contributed by atoms with van der Waals surface area (Å²) in [6.07, 6.45) is 2.42. The Morgan fingerprint density at radius 2 is 2.20 bits per heavy atom. The SMILES string of the molecule is CN1CCC(C(C)(C)CNCCCCl)C1. The first-order valence-corrected chi connectivity index (χ1v) is 6.55. The highest BCUT2D eigenvalue weighted by molar-refractivity contribution is 6.17. The molecule has 3 heteroatoms. The van der Waals surface area contributed by atoms with Gasteiger partial charge < -0.3 is 10.2 Å². The van der Waals surface area contributed by atoms with Crippen LogP contribution in [0, 0.1) is 11.3 Å². The molecule has 0 bridgehead atoms. The Kier molecular flexibility index (Phi) is 5.37. The highest BCUT2D eigenvalue weighted by atomic mass is 35.5. The number of alkyl halides is 1. The molecule has 1 unspecified atom stereocenters. The van der Waals surface area contributed by atoms with Gasteiger partial charge in [-0.25, -0.2) is 0 Å². The summed E-state index contributed by atoms with van der Waals surface area (Å²) in [4.78, 5) is 2.44. The van der Waals surface area contributed by atoms with Crippen molar-refractivity contribution in [2.75, 3.05) is 39.1 Å². The van der Waals surface area contributed by atoms with Crippen LogP contribution in [0.1, 0.15) is 26.7 Å². The van der Waals surface area contributed by atoms with Crippen molar-refractivity contribution in [2.24, 2.45) is 11.3 Å². The van der Waals surface area contributed by atoms with Crippen molar-refractivity contribution in [3.05, 3.63) is 0 Å². The van der Waals surface area contributed by atoms with Crippen LogP contribution >= 0.6 is 11.6 Å². The maximum absolute atomic E-state index is 5.65. The van der Waals surface area contributed by atoms with Crippen molar-refractivity contribution in [3.63, 3.8) is 0 Å². The van der Waals surface area contributed by atoms with Crippen molar-refractivity contribution in [3.8, 4) is 0 Å². The Bertz CT molecular complexity index is 182. The molecule has 90 valence electrons. The van der Waals surface area contributed by atoms with Crippen LogP contribution in [0.2, 0.25) is 0 Å². The van der Waals surface area contributed by atoms with E-state index in [-0.39, 0.29) is 0 Å². The monoisotopic (exact) mass is 232 g/mol. The van der Waals surface area contributed by atoms with Gasteiger partial charge in [0, 0.05) is 19.0 Å². The Morgan fingerprint density at radius 3 is 2.73 bits per heavy atom. The highest BCUT2D eigenvalue weighted by Crippen LogP contribution is 2.32. The second-order valence-corrected chi connectivity index (χ2v) is 5.83. The minimum absolute atomic E-state index is 0.414. The van der Waals surface area contributed by atoms with E-state index in [9.17, 15) is 0 Å². The number of nitrogens with zero attached hydrogens (tertiary/aromatic N) is 1. The molecular weight excluding hydrogens is 208 g/mol. The van der Waals surface area contributed by atoms with Crippen LogP contribution < -0.4 is 5.32 Å². The van der Waals surface area contributed by atoms with Gasteiger partial charge in [-0.05, 0) is 44.3 Å². The van der Waals surface area contributed by atoms with Gasteiger partial charge in [0.1, 0.15) is 0 Å². The molecule has 1 fully saturated rings. The van der Waals surface area contributed by atoms with Crippen LogP contribution in [0.3, 0.4) is 0 Å². The molecule has 0 aromatic carbocycles. The highest BCUT2D eigenvalue weighted by Gasteiger charge is 2.33. The van der Waals surface area contributed by atoms with Gasteiger partial charge in [0.05, 0.1) is 0 Å². The third kappa shape index (κ3) is 4.29. The van der Waals surface area contributed by atoms with E-state index in [4.69, 9.17) is 11.6 Å². The van der Waals surface area contributed by atoms with Crippen molar-refractivity contribution in [1.29, 1.82) is 0 Å². The molecule has 0 radical (unpaired) electrons. The fraction of sp³-hybridized carbons (Fsp3) is 1.00. The molecule has 0 saturated carbocycles. The summed E-state index contributed by atoms with van der Waals surface area (Å²) in [6.45, 7) is 9.44. The molecule has 0 aromatic rings. The van der Waals surface area contributed by atoms with Gasteiger partial charge in [-0.1, -0.05) is 13.8 Å². The Hall–Kier alpha value is 0.210. The first kappa shape index (κ1) is 13.3. The topological polar surface area (TPSA) is 15.3 Å². The average Bonchev–Trinajstić information content (AvgIpc) is 2.60. The Morgan fingerprint density at radius 1 is 1.47 bits per heavy atom. The largest absolute Gasteiger partial charge is 0.316 e.